The average Bonchev–Trinajstić information content (AvgIpc) is 3.42. The van der Waals surface area contributed by atoms with Gasteiger partial charge in [-0.05, 0) is 60.0 Å². The molecule has 0 aliphatic carbocycles. The lowest BCUT2D eigenvalue weighted by molar-refractivity contribution is -0.120. The third kappa shape index (κ3) is 5.44. The highest BCUT2D eigenvalue weighted by Crippen LogP contribution is 2.31. The van der Waals surface area contributed by atoms with Crippen LogP contribution in [0.2, 0.25) is 0 Å². The fourth-order valence-corrected chi connectivity index (χ4v) is 4.87. The topological polar surface area (TPSA) is 112 Å². The molecule has 9 nitrogen and oxygen atoms in total. The van der Waals surface area contributed by atoms with E-state index in [1.54, 1.807) is 13.1 Å². The molecule has 2 amide bonds. The quantitative estimate of drug-likeness (QED) is 0.349. The third-order valence-corrected chi connectivity index (χ3v) is 7.05. The zero-order valence-electron chi connectivity index (χ0n) is 22.0. The molecular formula is C31H28N6O3. The molecule has 200 valence electrons. The molecule has 9 heteroatoms. The van der Waals surface area contributed by atoms with Gasteiger partial charge in [0.25, 0.3) is 11.8 Å². The number of aromatic amines is 1. The maximum absolute atomic E-state index is 13.3. The van der Waals surface area contributed by atoms with Gasteiger partial charge in [-0.3, -0.25) is 14.7 Å². The van der Waals surface area contributed by atoms with E-state index in [2.05, 4.69) is 49.8 Å². The van der Waals surface area contributed by atoms with Crippen molar-refractivity contribution in [2.45, 2.75) is 25.4 Å². The van der Waals surface area contributed by atoms with Gasteiger partial charge in [-0.1, -0.05) is 48.2 Å². The first-order valence-corrected chi connectivity index (χ1v) is 13.2. The summed E-state index contributed by atoms with van der Waals surface area (Å²) in [5, 5.41) is 12.9. The standard InChI is InChI=1S/C31H28N6O3/c1-37-26-16-22(8-7-21-9-11-23-13-14-32-18-24(23)15-21)10-12-27(26)40-19-25(31(37)39)33-30(38)29-34-28(35-36-29)17-20-5-3-2-4-6-20/h2-6,9-12,15-16,25,32H,13-14,17-19H2,1H3,(H,33,38)(H,34,35,36)/t25-/m1/s1. The van der Waals surface area contributed by atoms with E-state index >= 15 is 0 Å². The highest BCUT2D eigenvalue weighted by Gasteiger charge is 2.31. The molecule has 2 aliphatic rings. The number of amides is 2. The molecule has 0 unspecified atom stereocenters. The van der Waals surface area contributed by atoms with Gasteiger partial charge in [-0.15, -0.1) is 5.10 Å². The number of fused-ring (bicyclic) bond motifs is 2. The minimum absolute atomic E-state index is 0.0165. The molecule has 1 atom stereocenters. The first kappa shape index (κ1) is 25.3. The van der Waals surface area contributed by atoms with Crippen LogP contribution in [0, 0.1) is 11.8 Å². The Labute approximate surface area is 232 Å². The van der Waals surface area contributed by atoms with Crippen molar-refractivity contribution in [3.63, 3.8) is 0 Å². The molecule has 1 aromatic heterocycles. The normalized spacial score (nSPS) is 16.1. The number of nitrogens with one attached hydrogen (secondary N) is 3. The number of aromatic nitrogens is 3. The minimum Gasteiger partial charge on any atom is -0.489 e. The maximum atomic E-state index is 13.3. The number of rotatable bonds is 4. The number of hydrogen-bond acceptors (Lipinski definition) is 6. The van der Waals surface area contributed by atoms with Crippen LogP contribution < -0.4 is 20.3 Å². The highest BCUT2D eigenvalue weighted by atomic mass is 16.5. The molecular weight excluding hydrogens is 504 g/mol. The number of anilines is 1. The van der Waals surface area contributed by atoms with Crippen LogP contribution in [0.4, 0.5) is 5.69 Å². The average molecular weight is 533 g/mol. The summed E-state index contributed by atoms with van der Waals surface area (Å²) < 4.78 is 5.92. The summed E-state index contributed by atoms with van der Waals surface area (Å²) in [7, 11) is 1.66. The third-order valence-electron chi connectivity index (χ3n) is 7.05. The smallest absolute Gasteiger partial charge is 0.291 e. The van der Waals surface area contributed by atoms with E-state index in [1.807, 2.05) is 48.5 Å². The Morgan fingerprint density at radius 1 is 1.07 bits per heavy atom. The van der Waals surface area contributed by atoms with Gasteiger partial charge in [0.1, 0.15) is 24.2 Å². The summed E-state index contributed by atoms with van der Waals surface area (Å²) in [6, 6.07) is 20.7. The lowest BCUT2D eigenvalue weighted by atomic mass is 9.98. The number of likely N-dealkylation sites (N-methyl/N-ethyl adjacent to an activating group) is 1. The second kappa shape index (κ2) is 11.0. The SMILES string of the molecule is CN1C(=O)[C@H](NC(=O)c2n[nH]c(Cc3ccccc3)n2)COc2ccc(C#Cc3ccc4c(c3)CNCC4)cc21. The van der Waals surface area contributed by atoms with Crippen LogP contribution in [0.25, 0.3) is 0 Å². The monoisotopic (exact) mass is 532 g/mol. The fraction of sp³-hybridized carbons (Fsp3) is 0.226. The van der Waals surface area contributed by atoms with E-state index in [1.165, 1.54) is 16.0 Å². The van der Waals surface area contributed by atoms with E-state index in [0.29, 0.717) is 23.7 Å². The van der Waals surface area contributed by atoms with Crippen molar-refractivity contribution < 1.29 is 14.3 Å². The zero-order valence-corrected chi connectivity index (χ0v) is 22.0. The Morgan fingerprint density at radius 2 is 1.88 bits per heavy atom. The number of H-pyrrole nitrogens is 1. The largest absolute Gasteiger partial charge is 0.489 e. The Balaban J connectivity index is 1.14. The van der Waals surface area contributed by atoms with Crippen LogP contribution in [-0.2, 0) is 24.2 Å². The Morgan fingerprint density at radius 3 is 2.73 bits per heavy atom. The van der Waals surface area contributed by atoms with Gasteiger partial charge in [-0.2, -0.15) is 0 Å². The van der Waals surface area contributed by atoms with E-state index in [9.17, 15) is 9.59 Å². The van der Waals surface area contributed by atoms with Crippen molar-refractivity contribution in [3.8, 4) is 17.6 Å². The molecule has 3 aromatic carbocycles. The number of ether oxygens (including phenoxy) is 1. The molecule has 3 N–H and O–H groups in total. The second-order valence-corrected chi connectivity index (χ2v) is 9.85. The number of nitrogens with zero attached hydrogens (tertiary/aromatic N) is 3. The van der Waals surface area contributed by atoms with Gasteiger partial charge in [-0.25, -0.2) is 4.98 Å². The zero-order chi connectivity index (χ0) is 27.5. The molecule has 2 aliphatic heterocycles. The number of carbonyl (C=O) groups excluding carboxylic acids is 2. The van der Waals surface area contributed by atoms with Crippen LogP contribution in [0.3, 0.4) is 0 Å². The number of hydrogen-bond donors (Lipinski definition) is 3. The Hall–Kier alpha value is -4.94. The van der Waals surface area contributed by atoms with Crippen LogP contribution in [0.1, 0.15) is 44.3 Å². The van der Waals surface area contributed by atoms with Gasteiger partial charge < -0.3 is 20.3 Å². The summed E-state index contributed by atoms with van der Waals surface area (Å²) in [5.74, 6) is 6.65. The van der Waals surface area contributed by atoms with Crippen LogP contribution in [0.5, 0.6) is 5.75 Å². The lowest BCUT2D eigenvalue weighted by Crippen LogP contribution is -2.49. The van der Waals surface area contributed by atoms with Crippen molar-refractivity contribution in [2.75, 3.05) is 25.1 Å². The Kier molecular flexibility index (Phi) is 7.00. The van der Waals surface area contributed by atoms with E-state index < -0.39 is 11.9 Å². The van der Waals surface area contributed by atoms with Crippen molar-refractivity contribution in [1.29, 1.82) is 0 Å². The van der Waals surface area contributed by atoms with Gasteiger partial charge in [0.05, 0.1) is 5.69 Å². The first-order chi connectivity index (χ1) is 19.5. The van der Waals surface area contributed by atoms with Crippen LogP contribution in [-0.4, -0.2) is 53.2 Å². The van der Waals surface area contributed by atoms with Gasteiger partial charge in [0.15, 0.2) is 0 Å². The molecule has 0 saturated heterocycles. The van der Waals surface area contributed by atoms with E-state index in [0.717, 1.165) is 36.2 Å². The summed E-state index contributed by atoms with van der Waals surface area (Å²) in [5.41, 5.74) is 5.98. The maximum Gasteiger partial charge on any atom is 0.291 e. The van der Waals surface area contributed by atoms with E-state index in [-0.39, 0.29) is 18.3 Å². The molecule has 4 aromatic rings. The van der Waals surface area contributed by atoms with Crippen molar-refractivity contribution in [3.05, 3.63) is 106 Å². The minimum atomic E-state index is -0.903. The van der Waals surface area contributed by atoms with Crippen molar-refractivity contribution in [1.82, 2.24) is 25.8 Å². The number of benzene rings is 3. The van der Waals surface area contributed by atoms with Crippen LogP contribution in [0.15, 0.2) is 66.7 Å². The molecule has 0 spiro atoms. The highest BCUT2D eigenvalue weighted by molar-refractivity contribution is 6.02. The Bertz CT molecular complexity index is 1640. The second-order valence-electron chi connectivity index (χ2n) is 9.85. The molecule has 3 heterocycles. The molecule has 0 radical (unpaired) electrons. The predicted molar refractivity (Wildman–Crippen MR) is 150 cm³/mol. The number of carbonyl (C=O) groups is 2. The van der Waals surface area contributed by atoms with Gasteiger partial charge in [0, 0.05) is 31.1 Å². The van der Waals surface area contributed by atoms with Crippen LogP contribution >= 0.6 is 0 Å². The first-order valence-electron chi connectivity index (χ1n) is 13.2. The van der Waals surface area contributed by atoms with Gasteiger partial charge >= 0.3 is 0 Å². The molecule has 0 saturated carbocycles. The summed E-state index contributed by atoms with van der Waals surface area (Å²) >= 11 is 0. The molecule has 0 fully saturated rings. The van der Waals surface area contributed by atoms with Gasteiger partial charge in [0.2, 0.25) is 5.82 Å². The van der Waals surface area contributed by atoms with Crippen molar-refractivity contribution >= 4 is 17.5 Å². The van der Waals surface area contributed by atoms with E-state index in [4.69, 9.17) is 4.74 Å². The molecule has 0 bridgehead atoms. The van der Waals surface area contributed by atoms with Crippen molar-refractivity contribution in [2.24, 2.45) is 0 Å². The summed E-state index contributed by atoms with van der Waals surface area (Å²) in [6.07, 6.45) is 1.54. The molecule has 40 heavy (non-hydrogen) atoms. The predicted octanol–water partition coefficient (Wildman–Crippen LogP) is 2.59. The fourth-order valence-electron chi connectivity index (χ4n) is 4.87. The lowest BCUT2D eigenvalue weighted by Gasteiger charge is -2.20. The molecule has 6 rings (SSSR count). The summed E-state index contributed by atoms with van der Waals surface area (Å²) in [4.78, 5) is 31.9. The summed E-state index contributed by atoms with van der Waals surface area (Å²) in [6.45, 7) is 1.84.